The van der Waals surface area contributed by atoms with E-state index in [1.54, 1.807) is 7.11 Å². The summed E-state index contributed by atoms with van der Waals surface area (Å²) in [6.45, 7) is 5.66. The second-order valence-electron chi connectivity index (χ2n) is 4.94. The van der Waals surface area contributed by atoms with E-state index in [4.69, 9.17) is 14.2 Å². The van der Waals surface area contributed by atoms with Crippen LogP contribution in [0.2, 0.25) is 0 Å². The minimum absolute atomic E-state index is 0.682. The van der Waals surface area contributed by atoms with E-state index in [0.29, 0.717) is 26.4 Å². The van der Waals surface area contributed by atoms with Crippen molar-refractivity contribution in [1.82, 2.24) is 5.32 Å². The van der Waals surface area contributed by atoms with Gasteiger partial charge in [0.2, 0.25) is 0 Å². The Bertz CT molecular complexity index is 492. The summed E-state index contributed by atoms with van der Waals surface area (Å²) < 4.78 is 16.4. The highest BCUT2D eigenvalue weighted by Gasteiger charge is 2.11. The van der Waals surface area contributed by atoms with Crippen LogP contribution in [-0.2, 0) is 4.74 Å². The predicted octanol–water partition coefficient (Wildman–Crippen LogP) is 2.26. The second kappa shape index (κ2) is 9.15. The van der Waals surface area contributed by atoms with E-state index in [-0.39, 0.29) is 0 Å². The van der Waals surface area contributed by atoms with Gasteiger partial charge in [0, 0.05) is 45.0 Å². The molecule has 1 aliphatic heterocycles. The summed E-state index contributed by atoms with van der Waals surface area (Å²) in [4.78, 5) is 4.52. The number of hydrogen-bond donors (Lipinski definition) is 2. The van der Waals surface area contributed by atoms with E-state index < -0.39 is 0 Å². The zero-order chi connectivity index (χ0) is 15.6. The number of aliphatic imine (C=N–C) groups is 1. The fraction of sp³-hybridized carbons (Fsp3) is 0.562. The summed E-state index contributed by atoms with van der Waals surface area (Å²) in [6, 6.07) is 5.84. The van der Waals surface area contributed by atoms with E-state index in [1.807, 2.05) is 25.1 Å². The molecule has 0 saturated heterocycles. The lowest BCUT2D eigenvalue weighted by Gasteiger charge is -2.13. The molecular weight excluding hydrogens is 282 g/mol. The Hall–Kier alpha value is -1.95. The summed E-state index contributed by atoms with van der Waals surface area (Å²) in [5.74, 6) is 2.33. The molecule has 2 N–H and O–H groups in total. The first-order valence-corrected chi connectivity index (χ1v) is 7.77. The van der Waals surface area contributed by atoms with Crippen LogP contribution < -0.4 is 20.1 Å². The van der Waals surface area contributed by atoms with Gasteiger partial charge in [0.1, 0.15) is 0 Å². The monoisotopic (exact) mass is 307 g/mol. The maximum absolute atomic E-state index is 5.70. The third kappa shape index (κ3) is 5.11. The summed E-state index contributed by atoms with van der Waals surface area (Å²) in [5, 5.41) is 6.52. The minimum atomic E-state index is 0.682. The molecule has 0 unspecified atom stereocenters. The number of hydrogen-bond acceptors (Lipinski definition) is 4. The molecule has 0 aliphatic carbocycles. The number of nitrogens with one attached hydrogen (secondary N) is 2. The minimum Gasteiger partial charge on any atom is -0.490 e. The maximum Gasteiger partial charge on any atom is 0.195 e. The highest BCUT2D eigenvalue weighted by atomic mass is 16.5. The van der Waals surface area contributed by atoms with Crippen LogP contribution in [0.1, 0.15) is 19.8 Å². The topological polar surface area (TPSA) is 64.1 Å². The number of ether oxygens (including phenoxy) is 3. The van der Waals surface area contributed by atoms with Crippen LogP contribution in [0, 0.1) is 0 Å². The van der Waals surface area contributed by atoms with E-state index in [2.05, 4.69) is 15.6 Å². The first kappa shape index (κ1) is 16.4. The standard InChI is InChI=1S/C16H25N3O3/c1-3-17-16(18-8-4-9-20-2)19-13-6-7-14-15(12-13)22-11-5-10-21-14/h6-7,12H,3-5,8-11H2,1-2H3,(H2,17,18,19). The Kier molecular flexibility index (Phi) is 6.83. The lowest BCUT2D eigenvalue weighted by Crippen LogP contribution is -2.30. The van der Waals surface area contributed by atoms with Crippen LogP contribution in [0.4, 0.5) is 5.69 Å². The van der Waals surface area contributed by atoms with Gasteiger partial charge in [-0.2, -0.15) is 0 Å². The van der Waals surface area contributed by atoms with Crippen LogP contribution in [0.15, 0.2) is 23.2 Å². The van der Waals surface area contributed by atoms with Crippen molar-refractivity contribution in [2.24, 2.45) is 4.99 Å². The van der Waals surface area contributed by atoms with Gasteiger partial charge in [-0.05, 0) is 25.5 Å². The molecule has 0 atom stereocenters. The predicted molar refractivity (Wildman–Crippen MR) is 88.1 cm³/mol. The zero-order valence-electron chi connectivity index (χ0n) is 13.4. The Balaban J connectivity index is 2.01. The molecule has 1 heterocycles. The molecule has 122 valence electrons. The molecule has 22 heavy (non-hydrogen) atoms. The van der Waals surface area contributed by atoms with E-state index in [1.165, 1.54) is 0 Å². The molecular formula is C16H25N3O3. The van der Waals surface area contributed by atoms with E-state index in [9.17, 15) is 0 Å². The molecule has 1 aromatic rings. The molecule has 1 aromatic carbocycles. The van der Waals surface area contributed by atoms with Gasteiger partial charge in [-0.1, -0.05) is 0 Å². The summed E-state index contributed by atoms with van der Waals surface area (Å²) in [7, 11) is 1.70. The van der Waals surface area contributed by atoms with Crippen LogP contribution in [0.25, 0.3) is 0 Å². The van der Waals surface area contributed by atoms with Gasteiger partial charge < -0.3 is 24.8 Å². The van der Waals surface area contributed by atoms with E-state index in [0.717, 1.165) is 42.5 Å². The number of fused-ring (bicyclic) bond motifs is 1. The van der Waals surface area contributed by atoms with Gasteiger partial charge in [-0.3, -0.25) is 4.99 Å². The van der Waals surface area contributed by atoms with Crippen LogP contribution in [-0.4, -0.2) is 46.0 Å². The van der Waals surface area contributed by atoms with Crippen molar-refractivity contribution in [3.63, 3.8) is 0 Å². The van der Waals surface area contributed by atoms with Crippen molar-refractivity contribution in [2.75, 3.05) is 45.3 Å². The Morgan fingerprint density at radius 2 is 2.09 bits per heavy atom. The first-order chi connectivity index (χ1) is 10.8. The summed E-state index contributed by atoms with van der Waals surface area (Å²) >= 11 is 0. The van der Waals surface area contributed by atoms with Crippen molar-refractivity contribution >= 4 is 11.6 Å². The quantitative estimate of drug-likeness (QED) is 0.479. The molecule has 0 amide bonds. The molecule has 0 fully saturated rings. The maximum atomic E-state index is 5.70. The summed E-state index contributed by atoms with van der Waals surface area (Å²) in [5.41, 5.74) is 0.927. The first-order valence-electron chi connectivity index (χ1n) is 7.77. The van der Waals surface area contributed by atoms with Gasteiger partial charge >= 0.3 is 0 Å². The van der Waals surface area contributed by atoms with Crippen LogP contribution >= 0.6 is 0 Å². The number of guanidine groups is 1. The number of anilines is 1. The van der Waals surface area contributed by atoms with E-state index >= 15 is 0 Å². The molecule has 0 bridgehead atoms. The molecule has 6 nitrogen and oxygen atoms in total. The van der Waals surface area contributed by atoms with Crippen LogP contribution in [0.5, 0.6) is 11.5 Å². The average molecular weight is 307 g/mol. The second-order valence-corrected chi connectivity index (χ2v) is 4.94. The normalized spacial score (nSPS) is 14.4. The Morgan fingerprint density at radius 3 is 2.86 bits per heavy atom. The molecule has 0 aromatic heterocycles. The molecule has 0 saturated carbocycles. The molecule has 2 rings (SSSR count). The van der Waals surface area contributed by atoms with Gasteiger partial charge in [0.05, 0.1) is 13.2 Å². The van der Waals surface area contributed by atoms with Crippen LogP contribution in [0.3, 0.4) is 0 Å². The summed E-state index contributed by atoms with van der Waals surface area (Å²) in [6.07, 6.45) is 1.80. The number of nitrogens with zero attached hydrogens (tertiary/aromatic N) is 1. The van der Waals surface area contributed by atoms with Crippen molar-refractivity contribution in [2.45, 2.75) is 19.8 Å². The van der Waals surface area contributed by atoms with Crippen molar-refractivity contribution in [3.8, 4) is 11.5 Å². The SMILES string of the molecule is CCNC(=NCCCOC)Nc1ccc2c(c1)OCCCO2. The molecule has 6 heteroatoms. The number of benzene rings is 1. The van der Waals surface area contributed by atoms with Gasteiger partial charge in [0.25, 0.3) is 0 Å². The van der Waals surface area contributed by atoms with Crippen molar-refractivity contribution in [3.05, 3.63) is 18.2 Å². The third-order valence-electron chi connectivity index (χ3n) is 3.13. The Morgan fingerprint density at radius 1 is 1.27 bits per heavy atom. The molecule has 0 spiro atoms. The zero-order valence-corrected chi connectivity index (χ0v) is 13.4. The van der Waals surface area contributed by atoms with Gasteiger partial charge in [-0.25, -0.2) is 0 Å². The number of rotatable bonds is 6. The highest BCUT2D eigenvalue weighted by Crippen LogP contribution is 2.32. The van der Waals surface area contributed by atoms with Gasteiger partial charge in [0.15, 0.2) is 17.5 Å². The average Bonchev–Trinajstić information content (AvgIpc) is 2.76. The number of methoxy groups -OCH3 is 1. The lowest BCUT2D eigenvalue weighted by atomic mass is 10.3. The lowest BCUT2D eigenvalue weighted by molar-refractivity contribution is 0.197. The highest BCUT2D eigenvalue weighted by molar-refractivity contribution is 5.93. The Labute approximate surface area is 131 Å². The molecule has 1 aliphatic rings. The molecule has 0 radical (unpaired) electrons. The third-order valence-corrected chi connectivity index (χ3v) is 3.13. The van der Waals surface area contributed by atoms with Crippen molar-refractivity contribution in [1.29, 1.82) is 0 Å². The largest absolute Gasteiger partial charge is 0.490 e. The smallest absolute Gasteiger partial charge is 0.195 e. The van der Waals surface area contributed by atoms with Crippen molar-refractivity contribution < 1.29 is 14.2 Å². The van der Waals surface area contributed by atoms with Gasteiger partial charge in [-0.15, -0.1) is 0 Å². The fourth-order valence-electron chi connectivity index (χ4n) is 2.08. The fourth-order valence-corrected chi connectivity index (χ4v) is 2.08.